The molecule has 2 aromatic rings. The van der Waals surface area contributed by atoms with Crippen molar-refractivity contribution >= 4 is 39.2 Å². The summed E-state index contributed by atoms with van der Waals surface area (Å²) in [4.78, 5) is 26.3. The van der Waals surface area contributed by atoms with Crippen molar-refractivity contribution in [2.24, 2.45) is 0 Å². The quantitative estimate of drug-likeness (QED) is 0.749. The summed E-state index contributed by atoms with van der Waals surface area (Å²) in [7, 11) is -3.88. The normalized spacial score (nSPS) is 13.2. The number of ether oxygens (including phenoxy) is 1. The minimum absolute atomic E-state index is 0.00130. The number of carbonyl (C=O) groups is 2. The number of nitrogens with one attached hydrogen (secondary N) is 3. The van der Waals surface area contributed by atoms with Gasteiger partial charge in [0, 0.05) is 12.6 Å². The van der Waals surface area contributed by atoms with Gasteiger partial charge in [0.15, 0.2) is 18.2 Å². The highest BCUT2D eigenvalue weighted by Crippen LogP contribution is 2.27. The number of fused-ring (bicyclic) bond motifs is 1. The zero-order valence-corrected chi connectivity index (χ0v) is 13.9. The summed E-state index contributed by atoms with van der Waals surface area (Å²) in [6, 6.07) is 8.61. The second-order valence-electron chi connectivity index (χ2n) is 5.19. The summed E-state index contributed by atoms with van der Waals surface area (Å²) in [6.45, 7) is 1.25. The van der Waals surface area contributed by atoms with Gasteiger partial charge >= 0.3 is 0 Å². The minimum atomic E-state index is -3.88. The molecule has 9 nitrogen and oxygen atoms in total. The molecule has 0 bridgehead atoms. The molecule has 0 aliphatic carbocycles. The highest BCUT2D eigenvalue weighted by atomic mass is 32.2. The largest absolute Gasteiger partial charge is 0.480 e. The van der Waals surface area contributed by atoms with Crippen LogP contribution in [0.5, 0.6) is 5.75 Å². The van der Waals surface area contributed by atoms with Crippen LogP contribution in [0.1, 0.15) is 6.92 Å². The third-order valence-electron chi connectivity index (χ3n) is 3.20. The molecule has 0 unspecified atom stereocenters. The molecule has 0 spiro atoms. The molecule has 10 heteroatoms. The van der Waals surface area contributed by atoms with E-state index in [-0.39, 0.29) is 35.0 Å². The molecule has 3 N–H and O–H groups in total. The zero-order valence-electron chi connectivity index (χ0n) is 13.1. The molecule has 25 heavy (non-hydrogen) atoms. The van der Waals surface area contributed by atoms with Crippen molar-refractivity contribution in [3.63, 3.8) is 0 Å². The summed E-state index contributed by atoms with van der Waals surface area (Å²) in [5.74, 6) is -0.0695. The summed E-state index contributed by atoms with van der Waals surface area (Å²) in [5, 5.41) is 5.05. The fraction of sp³-hybridized carbons (Fsp3) is 0.133. The van der Waals surface area contributed by atoms with E-state index in [0.717, 1.165) is 0 Å². The molecule has 0 fully saturated rings. The van der Waals surface area contributed by atoms with Crippen LogP contribution >= 0.6 is 0 Å². The van der Waals surface area contributed by atoms with Crippen LogP contribution in [0.4, 0.5) is 17.3 Å². The van der Waals surface area contributed by atoms with Gasteiger partial charge in [-0.25, -0.2) is 13.4 Å². The van der Waals surface area contributed by atoms with Crippen molar-refractivity contribution in [3.05, 3.63) is 36.4 Å². The summed E-state index contributed by atoms with van der Waals surface area (Å²) < 4.78 is 32.3. The fourth-order valence-electron chi connectivity index (χ4n) is 2.14. The molecule has 0 saturated carbocycles. The lowest BCUT2D eigenvalue weighted by Gasteiger charge is -2.17. The van der Waals surface area contributed by atoms with Crippen LogP contribution in [0, 0.1) is 0 Å². The van der Waals surface area contributed by atoms with Crippen LogP contribution in [0.15, 0.2) is 41.3 Å². The van der Waals surface area contributed by atoms with Crippen LogP contribution in [-0.4, -0.2) is 31.8 Å². The Kier molecular flexibility index (Phi) is 4.28. The van der Waals surface area contributed by atoms with Gasteiger partial charge in [0.1, 0.15) is 5.82 Å². The van der Waals surface area contributed by atoms with E-state index in [4.69, 9.17) is 4.74 Å². The molecule has 3 rings (SSSR count). The standard InChI is InChI=1S/C15H14N4O5S/c1-9(20)16-10-2-4-11(5-3-10)25(22,23)19-13-7-6-12-15(17-13)18-14(21)8-24-12/h2-7H,8H2,1H3,(H,16,20)(H2,17,18,19,21). The number of rotatable bonds is 4. The number of anilines is 3. The highest BCUT2D eigenvalue weighted by molar-refractivity contribution is 7.92. The van der Waals surface area contributed by atoms with E-state index in [1.54, 1.807) is 0 Å². The second kappa shape index (κ2) is 6.40. The lowest BCUT2D eigenvalue weighted by Crippen LogP contribution is -2.26. The smallest absolute Gasteiger partial charge is 0.263 e. The van der Waals surface area contributed by atoms with Gasteiger partial charge in [0.25, 0.3) is 15.9 Å². The van der Waals surface area contributed by atoms with Gasteiger partial charge in [-0.1, -0.05) is 0 Å². The third kappa shape index (κ3) is 3.86. The summed E-state index contributed by atoms with van der Waals surface area (Å²) in [6.07, 6.45) is 0. The molecule has 0 radical (unpaired) electrons. The zero-order chi connectivity index (χ0) is 18.0. The van der Waals surface area contributed by atoms with Crippen molar-refractivity contribution < 1.29 is 22.7 Å². The maximum absolute atomic E-state index is 12.4. The van der Waals surface area contributed by atoms with Gasteiger partial charge in [0.05, 0.1) is 4.90 Å². The number of benzene rings is 1. The summed E-state index contributed by atoms with van der Waals surface area (Å²) >= 11 is 0. The minimum Gasteiger partial charge on any atom is -0.480 e. The second-order valence-corrected chi connectivity index (χ2v) is 6.87. The molecule has 2 amide bonds. The molecular formula is C15H14N4O5S. The molecule has 0 saturated heterocycles. The van der Waals surface area contributed by atoms with Gasteiger partial charge in [-0.2, -0.15) is 0 Å². The van der Waals surface area contributed by atoms with Crippen molar-refractivity contribution in [1.82, 2.24) is 4.98 Å². The van der Waals surface area contributed by atoms with E-state index in [1.807, 2.05) is 0 Å². The number of aromatic nitrogens is 1. The number of nitrogens with zero attached hydrogens (tertiary/aromatic N) is 1. The Bertz CT molecular complexity index is 941. The van der Waals surface area contributed by atoms with Gasteiger partial charge in [-0.3, -0.25) is 14.3 Å². The third-order valence-corrected chi connectivity index (χ3v) is 4.57. The number of pyridine rings is 1. The van der Waals surface area contributed by atoms with Gasteiger partial charge in [-0.05, 0) is 36.4 Å². The molecule has 0 atom stereocenters. The first-order valence-corrected chi connectivity index (χ1v) is 8.66. The maximum Gasteiger partial charge on any atom is 0.263 e. The maximum atomic E-state index is 12.4. The van der Waals surface area contributed by atoms with E-state index >= 15 is 0 Å². The lowest BCUT2D eigenvalue weighted by molar-refractivity contribution is -0.118. The van der Waals surface area contributed by atoms with Crippen molar-refractivity contribution in [2.75, 3.05) is 22.0 Å². The Morgan fingerprint density at radius 3 is 2.60 bits per heavy atom. The number of amides is 2. The first kappa shape index (κ1) is 16.7. The van der Waals surface area contributed by atoms with Gasteiger partial charge in [0.2, 0.25) is 5.91 Å². The number of hydrogen-bond donors (Lipinski definition) is 3. The van der Waals surface area contributed by atoms with Crippen molar-refractivity contribution in [3.8, 4) is 5.75 Å². The Hall–Kier alpha value is -3.14. The molecular weight excluding hydrogens is 348 g/mol. The van der Waals surface area contributed by atoms with E-state index < -0.39 is 10.0 Å². The highest BCUT2D eigenvalue weighted by Gasteiger charge is 2.20. The Labute approximate surface area is 143 Å². The summed E-state index contributed by atoms with van der Waals surface area (Å²) in [5.41, 5.74) is 0.484. The number of sulfonamides is 1. The van der Waals surface area contributed by atoms with Gasteiger partial charge < -0.3 is 15.4 Å². The van der Waals surface area contributed by atoms with E-state index in [9.17, 15) is 18.0 Å². The van der Waals surface area contributed by atoms with Crippen LogP contribution in [0.2, 0.25) is 0 Å². The Morgan fingerprint density at radius 1 is 1.20 bits per heavy atom. The Morgan fingerprint density at radius 2 is 1.92 bits per heavy atom. The van der Waals surface area contributed by atoms with E-state index in [0.29, 0.717) is 11.4 Å². The molecule has 130 valence electrons. The lowest BCUT2D eigenvalue weighted by atomic mass is 10.3. The van der Waals surface area contributed by atoms with Crippen LogP contribution in [-0.2, 0) is 19.6 Å². The van der Waals surface area contributed by atoms with E-state index in [2.05, 4.69) is 20.3 Å². The fourth-order valence-corrected chi connectivity index (χ4v) is 3.14. The first-order valence-electron chi connectivity index (χ1n) is 7.18. The molecule has 2 heterocycles. The first-order chi connectivity index (χ1) is 11.8. The topological polar surface area (TPSA) is 126 Å². The average molecular weight is 362 g/mol. The van der Waals surface area contributed by atoms with Crippen molar-refractivity contribution in [2.45, 2.75) is 11.8 Å². The molecule has 1 aliphatic heterocycles. The van der Waals surface area contributed by atoms with Crippen LogP contribution in [0.3, 0.4) is 0 Å². The predicted molar refractivity (Wildman–Crippen MR) is 89.9 cm³/mol. The molecule has 1 aromatic carbocycles. The SMILES string of the molecule is CC(=O)Nc1ccc(S(=O)(=O)Nc2ccc3c(n2)NC(=O)CO3)cc1. The van der Waals surface area contributed by atoms with Crippen molar-refractivity contribution in [1.29, 1.82) is 0 Å². The monoisotopic (exact) mass is 362 g/mol. The number of carbonyl (C=O) groups excluding carboxylic acids is 2. The van der Waals surface area contributed by atoms with Gasteiger partial charge in [-0.15, -0.1) is 0 Å². The van der Waals surface area contributed by atoms with Crippen LogP contribution in [0.25, 0.3) is 0 Å². The molecule has 1 aliphatic rings. The Balaban J connectivity index is 1.80. The number of hydrogen-bond acceptors (Lipinski definition) is 6. The molecule has 1 aromatic heterocycles. The average Bonchev–Trinajstić information content (AvgIpc) is 2.54. The predicted octanol–water partition coefficient (Wildman–Crippen LogP) is 1.17. The van der Waals surface area contributed by atoms with E-state index in [1.165, 1.54) is 43.3 Å². The van der Waals surface area contributed by atoms with Crippen LogP contribution < -0.4 is 20.1 Å².